The van der Waals surface area contributed by atoms with Gasteiger partial charge in [-0.05, 0) is 32.3 Å². The van der Waals surface area contributed by atoms with E-state index in [9.17, 15) is 4.79 Å². The van der Waals surface area contributed by atoms with Crippen LogP contribution in [0.4, 0.5) is 11.5 Å². The molecule has 2 rings (SSSR count). The van der Waals surface area contributed by atoms with Crippen LogP contribution >= 0.6 is 23.2 Å². The van der Waals surface area contributed by atoms with Crippen LogP contribution in [0.15, 0.2) is 30.6 Å². The summed E-state index contributed by atoms with van der Waals surface area (Å²) in [6.07, 6.45) is 1.34. The van der Waals surface area contributed by atoms with E-state index in [2.05, 4.69) is 20.6 Å². The second-order valence-corrected chi connectivity index (χ2v) is 5.94. The van der Waals surface area contributed by atoms with Crippen molar-refractivity contribution < 1.29 is 4.79 Å². The monoisotopic (exact) mass is 353 g/mol. The maximum absolute atomic E-state index is 12.3. The van der Waals surface area contributed by atoms with Crippen LogP contribution in [0.5, 0.6) is 0 Å². The minimum atomic E-state index is -0.382. The van der Waals surface area contributed by atoms with Gasteiger partial charge in [-0.1, -0.05) is 23.2 Å². The standard InChI is InChI=1S/C15H17Cl2N5O/c1-22(2)6-5-18-14-8-13(19-9-20-14)15(23)21-12-7-10(16)3-4-11(12)17/h3-4,7-9H,5-6H2,1-2H3,(H,21,23)(H,18,19,20). The molecule has 6 nitrogen and oxygen atoms in total. The third kappa shape index (κ3) is 5.35. The van der Waals surface area contributed by atoms with Crippen LogP contribution in [0.2, 0.25) is 10.0 Å². The maximum Gasteiger partial charge on any atom is 0.274 e. The van der Waals surface area contributed by atoms with Gasteiger partial charge in [-0.15, -0.1) is 0 Å². The lowest BCUT2D eigenvalue weighted by atomic mass is 10.3. The molecule has 122 valence electrons. The Kier molecular flexibility index (Phi) is 6.15. The molecule has 1 aromatic carbocycles. The molecule has 2 N–H and O–H groups in total. The molecule has 0 unspecified atom stereocenters. The highest BCUT2D eigenvalue weighted by atomic mass is 35.5. The predicted octanol–water partition coefficient (Wildman–Crippen LogP) is 3.01. The quantitative estimate of drug-likeness (QED) is 0.835. The minimum absolute atomic E-state index is 0.239. The van der Waals surface area contributed by atoms with Crippen molar-refractivity contribution in [1.29, 1.82) is 0 Å². The Morgan fingerprint density at radius 2 is 2.00 bits per heavy atom. The molecule has 0 fully saturated rings. The van der Waals surface area contributed by atoms with E-state index in [1.54, 1.807) is 24.3 Å². The molecule has 0 aliphatic carbocycles. The van der Waals surface area contributed by atoms with Gasteiger partial charge in [0.05, 0.1) is 10.7 Å². The number of benzene rings is 1. The number of aromatic nitrogens is 2. The average molecular weight is 354 g/mol. The van der Waals surface area contributed by atoms with Gasteiger partial charge in [0.15, 0.2) is 0 Å². The van der Waals surface area contributed by atoms with Gasteiger partial charge in [-0.3, -0.25) is 4.79 Å². The van der Waals surface area contributed by atoms with Gasteiger partial charge in [-0.2, -0.15) is 0 Å². The number of likely N-dealkylation sites (N-methyl/N-ethyl adjacent to an activating group) is 1. The summed E-state index contributed by atoms with van der Waals surface area (Å²) >= 11 is 11.9. The number of rotatable bonds is 6. The van der Waals surface area contributed by atoms with Gasteiger partial charge < -0.3 is 15.5 Å². The van der Waals surface area contributed by atoms with Gasteiger partial charge in [0, 0.05) is 24.2 Å². The van der Waals surface area contributed by atoms with Gasteiger partial charge in [-0.25, -0.2) is 9.97 Å². The van der Waals surface area contributed by atoms with E-state index < -0.39 is 0 Å². The molecular weight excluding hydrogens is 337 g/mol. The largest absolute Gasteiger partial charge is 0.369 e. The second-order valence-electron chi connectivity index (χ2n) is 5.10. The van der Waals surface area contributed by atoms with Crippen LogP contribution < -0.4 is 10.6 Å². The Bertz CT molecular complexity index is 693. The summed E-state index contributed by atoms with van der Waals surface area (Å²) < 4.78 is 0. The average Bonchev–Trinajstić information content (AvgIpc) is 2.51. The molecule has 23 heavy (non-hydrogen) atoms. The highest BCUT2D eigenvalue weighted by molar-refractivity contribution is 6.35. The van der Waals surface area contributed by atoms with Crippen LogP contribution in [0.1, 0.15) is 10.5 Å². The molecular formula is C15H17Cl2N5O. The Balaban J connectivity index is 2.06. The van der Waals surface area contributed by atoms with Gasteiger partial charge in [0.25, 0.3) is 5.91 Å². The SMILES string of the molecule is CN(C)CCNc1cc(C(=O)Nc2cc(Cl)ccc2Cl)ncn1. The number of hydrogen-bond donors (Lipinski definition) is 2. The highest BCUT2D eigenvalue weighted by Crippen LogP contribution is 2.25. The fourth-order valence-corrected chi connectivity index (χ4v) is 2.10. The van der Waals surface area contributed by atoms with Crippen molar-refractivity contribution in [2.45, 2.75) is 0 Å². The summed E-state index contributed by atoms with van der Waals surface area (Å²) in [4.78, 5) is 22.4. The smallest absolute Gasteiger partial charge is 0.274 e. The van der Waals surface area contributed by atoms with E-state index in [4.69, 9.17) is 23.2 Å². The fraction of sp³-hybridized carbons (Fsp3) is 0.267. The van der Waals surface area contributed by atoms with Crippen LogP contribution in [-0.2, 0) is 0 Å². The van der Waals surface area contributed by atoms with Gasteiger partial charge >= 0.3 is 0 Å². The molecule has 0 saturated carbocycles. The van der Waals surface area contributed by atoms with Crippen molar-refractivity contribution in [2.75, 3.05) is 37.8 Å². The third-order valence-corrected chi connectivity index (χ3v) is 3.51. The molecule has 0 radical (unpaired) electrons. The topological polar surface area (TPSA) is 70.2 Å². The molecule has 8 heteroatoms. The van der Waals surface area contributed by atoms with E-state index >= 15 is 0 Å². The number of amides is 1. The zero-order valence-corrected chi connectivity index (χ0v) is 14.3. The number of nitrogens with one attached hydrogen (secondary N) is 2. The number of hydrogen-bond acceptors (Lipinski definition) is 5. The van der Waals surface area contributed by atoms with Crippen molar-refractivity contribution in [2.24, 2.45) is 0 Å². The lowest BCUT2D eigenvalue weighted by molar-refractivity contribution is 0.102. The molecule has 1 aromatic heterocycles. The summed E-state index contributed by atoms with van der Waals surface area (Å²) in [6.45, 7) is 1.56. The number of nitrogens with zero attached hydrogens (tertiary/aromatic N) is 3. The van der Waals surface area contributed by atoms with E-state index in [-0.39, 0.29) is 11.6 Å². The maximum atomic E-state index is 12.3. The Morgan fingerprint density at radius 3 is 2.74 bits per heavy atom. The molecule has 0 atom stereocenters. The summed E-state index contributed by atoms with van der Waals surface area (Å²) in [5.41, 5.74) is 0.674. The van der Waals surface area contributed by atoms with Crippen molar-refractivity contribution in [1.82, 2.24) is 14.9 Å². The van der Waals surface area contributed by atoms with E-state index in [0.717, 1.165) is 6.54 Å². The second kappa shape index (κ2) is 8.10. The van der Waals surface area contributed by atoms with E-state index in [1.807, 2.05) is 19.0 Å². The summed E-state index contributed by atoms with van der Waals surface area (Å²) in [6, 6.07) is 6.44. The molecule has 0 bridgehead atoms. The number of anilines is 2. The predicted molar refractivity (Wildman–Crippen MR) is 93.5 cm³/mol. The van der Waals surface area contributed by atoms with Crippen LogP contribution in [-0.4, -0.2) is 48.0 Å². The van der Waals surface area contributed by atoms with Crippen molar-refractivity contribution in [3.63, 3.8) is 0 Å². The van der Waals surface area contributed by atoms with E-state index in [1.165, 1.54) is 6.33 Å². The number of carbonyl (C=O) groups excluding carboxylic acids is 1. The lowest BCUT2D eigenvalue weighted by Gasteiger charge is -2.11. The van der Waals surface area contributed by atoms with Crippen LogP contribution in [0, 0.1) is 0 Å². The summed E-state index contributed by atoms with van der Waals surface area (Å²) in [5, 5.41) is 6.71. The molecule has 1 amide bonds. The first-order chi connectivity index (χ1) is 11.0. The van der Waals surface area contributed by atoms with Gasteiger partial charge in [0.2, 0.25) is 0 Å². The zero-order valence-electron chi connectivity index (χ0n) is 12.8. The van der Waals surface area contributed by atoms with Crippen LogP contribution in [0.25, 0.3) is 0 Å². The summed E-state index contributed by atoms with van der Waals surface area (Å²) in [7, 11) is 3.96. The number of carbonyl (C=O) groups is 1. The Hall–Kier alpha value is -1.89. The van der Waals surface area contributed by atoms with E-state index in [0.29, 0.717) is 28.1 Å². The summed E-state index contributed by atoms with van der Waals surface area (Å²) in [5.74, 6) is 0.205. The first-order valence-electron chi connectivity index (χ1n) is 6.93. The molecule has 0 spiro atoms. The molecule has 2 aromatic rings. The normalized spacial score (nSPS) is 10.7. The highest BCUT2D eigenvalue weighted by Gasteiger charge is 2.11. The Labute approximate surface area is 144 Å². The van der Waals surface area contributed by atoms with Crippen molar-refractivity contribution in [3.8, 4) is 0 Å². The van der Waals surface area contributed by atoms with Crippen LogP contribution in [0.3, 0.4) is 0 Å². The van der Waals surface area contributed by atoms with Crippen molar-refractivity contribution in [3.05, 3.63) is 46.3 Å². The minimum Gasteiger partial charge on any atom is -0.369 e. The van der Waals surface area contributed by atoms with Gasteiger partial charge in [0.1, 0.15) is 17.8 Å². The first kappa shape index (κ1) is 17.5. The zero-order chi connectivity index (χ0) is 16.8. The molecule has 0 aliphatic rings. The Morgan fingerprint density at radius 1 is 1.22 bits per heavy atom. The number of halogens is 2. The van der Waals surface area contributed by atoms with Crippen molar-refractivity contribution >= 4 is 40.6 Å². The first-order valence-corrected chi connectivity index (χ1v) is 7.68. The fourth-order valence-electron chi connectivity index (χ4n) is 1.77. The molecule has 1 heterocycles. The lowest BCUT2D eigenvalue weighted by Crippen LogP contribution is -2.21. The third-order valence-electron chi connectivity index (χ3n) is 2.94. The molecule has 0 aliphatic heterocycles. The molecule has 0 saturated heterocycles.